The zero-order chi connectivity index (χ0) is 23.3. The predicted molar refractivity (Wildman–Crippen MR) is 139 cm³/mol. The highest BCUT2D eigenvalue weighted by atomic mass is 16.1. The molecule has 2 unspecified atom stereocenters. The van der Waals surface area contributed by atoms with E-state index in [1.54, 1.807) is 0 Å². The molecule has 2 atom stereocenters. The first-order chi connectivity index (χ1) is 16.8. The van der Waals surface area contributed by atoms with Gasteiger partial charge in [0.05, 0.1) is 5.69 Å². The van der Waals surface area contributed by atoms with Gasteiger partial charge in [0.25, 0.3) is 0 Å². The van der Waals surface area contributed by atoms with Crippen LogP contribution in [-0.2, 0) is 4.79 Å². The van der Waals surface area contributed by atoms with Gasteiger partial charge in [-0.25, -0.2) is 0 Å². The van der Waals surface area contributed by atoms with Crippen molar-refractivity contribution < 1.29 is 4.79 Å². The van der Waals surface area contributed by atoms with Gasteiger partial charge in [-0.1, -0.05) is 86.0 Å². The van der Waals surface area contributed by atoms with Crippen LogP contribution in [0, 0.1) is 0 Å². The van der Waals surface area contributed by atoms with Crippen molar-refractivity contribution >= 4 is 11.8 Å². The summed E-state index contributed by atoms with van der Waals surface area (Å²) in [6, 6.07) is 28.9. The summed E-state index contributed by atoms with van der Waals surface area (Å²) in [5, 5.41) is 0. The second-order valence-corrected chi connectivity index (χ2v) is 9.39. The van der Waals surface area contributed by atoms with Gasteiger partial charge in [-0.05, 0) is 42.2 Å². The van der Waals surface area contributed by atoms with Crippen molar-refractivity contribution in [1.29, 1.82) is 0 Å². The van der Waals surface area contributed by atoms with E-state index in [9.17, 15) is 4.79 Å². The van der Waals surface area contributed by atoms with E-state index in [-0.39, 0.29) is 12.1 Å². The number of aldehydes is 1. The van der Waals surface area contributed by atoms with Gasteiger partial charge >= 0.3 is 0 Å². The molecule has 2 heterocycles. The SMILES string of the molecule is NC(CN(C1CCCCC1)C(C=O)c1c(-c2ccccc2)cc2ccccn12)c1ccccc1. The summed E-state index contributed by atoms with van der Waals surface area (Å²) in [6.07, 6.45) is 9.09. The molecule has 2 aromatic carbocycles. The molecule has 1 aliphatic carbocycles. The highest BCUT2D eigenvalue weighted by molar-refractivity contribution is 5.78. The number of nitrogens with two attached hydrogens (primary N) is 1. The molecule has 1 aliphatic rings. The lowest BCUT2D eigenvalue weighted by Gasteiger charge is -2.39. The van der Waals surface area contributed by atoms with Crippen molar-refractivity contribution in [2.24, 2.45) is 5.73 Å². The quantitative estimate of drug-likeness (QED) is 0.325. The molecule has 0 spiro atoms. The molecule has 4 heteroatoms. The van der Waals surface area contributed by atoms with Gasteiger partial charge in [0.2, 0.25) is 0 Å². The Morgan fingerprint density at radius 3 is 2.29 bits per heavy atom. The smallest absolute Gasteiger partial charge is 0.143 e. The van der Waals surface area contributed by atoms with Gasteiger partial charge in [0.15, 0.2) is 0 Å². The third-order valence-electron chi connectivity index (χ3n) is 7.25. The Morgan fingerprint density at radius 2 is 1.59 bits per heavy atom. The van der Waals surface area contributed by atoms with Crippen LogP contribution in [0.3, 0.4) is 0 Å². The molecule has 0 saturated heterocycles. The molecule has 174 valence electrons. The molecule has 0 bridgehead atoms. The average molecular weight is 452 g/mol. The maximum atomic E-state index is 12.9. The number of hydrogen-bond acceptors (Lipinski definition) is 3. The van der Waals surface area contributed by atoms with Gasteiger partial charge < -0.3 is 14.9 Å². The van der Waals surface area contributed by atoms with Crippen molar-refractivity contribution in [1.82, 2.24) is 9.30 Å². The van der Waals surface area contributed by atoms with Gasteiger partial charge in [-0.3, -0.25) is 4.90 Å². The van der Waals surface area contributed by atoms with Crippen molar-refractivity contribution in [2.45, 2.75) is 50.2 Å². The third-order valence-corrected chi connectivity index (χ3v) is 7.25. The summed E-state index contributed by atoms with van der Waals surface area (Å²) < 4.78 is 2.19. The van der Waals surface area contributed by atoms with Crippen molar-refractivity contribution in [3.05, 3.63) is 102 Å². The van der Waals surface area contributed by atoms with Crippen LogP contribution in [0.25, 0.3) is 16.6 Å². The molecule has 0 radical (unpaired) electrons. The zero-order valence-corrected chi connectivity index (χ0v) is 19.6. The standard InChI is InChI=1S/C30H33N3O/c31-28(24-14-6-2-7-15-24)21-33(25-16-8-3-9-17-25)29(22-34)30-27(23-12-4-1-5-13-23)20-26-18-10-11-19-32(26)30/h1-2,4-7,10-15,18-20,22,25,28-29H,3,8-9,16-17,21,31H2. The molecule has 1 fully saturated rings. The van der Waals surface area contributed by atoms with Crippen LogP contribution >= 0.6 is 0 Å². The summed E-state index contributed by atoms with van der Waals surface area (Å²) in [6.45, 7) is 0.645. The Morgan fingerprint density at radius 1 is 0.912 bits per heavy atom. The van der Waals surface area contributed by atoms with E-state index >= 15 is 0 Å². The number of nitrogens with zero attached hydrogens (tertiary/aromatic N) is 2. The Kier molecular flexibility index (Phi) is 6.89. The Labute approximate surface area is 202 Å². The van der Waals surface area contributed by atoms with Crippen LogP contribution in [0.2, 0.25) is 0 Å². The molecule has 4 nitrogen and oxygen atoms in total. The third kappa shape index (κ3) is 4.56. The zero-order valence-electron chi connectivity index (χ0n) is 19.6. The molecule has 0 amide bonds. The number of benzene rings is 2. The molecule has 34 heavy (non-hydrogen) atoms. The largest absolute Gasteiger partial charge is 0.323 e. The second-order valence-electron chi connectivity index (χ2n) is 9.39. The number of carbonyl (C=O) groups is 1. The molecule has 2 aromatic heterocycles. The van der Waals surface area contributed by atoms with Crippen LogP contribution < -0.4 is 5.73 Å². The molecule has 4 aromatic rings. The van der Waals surface area contributed by atoms with Crippen molar-refractivity contribution in [2.75, 3.05) is 6.54 Å². The van der Waals surface area contributed by atoms with Crippen LogP contribution in [0.15, 0.2) is 91.1 Å². The number of fused-ring (bicyclic) bond motifs is 1. The Hall–Kier alpha value is -3.21. The van der Waals surface area contributed by atoms with Crippen molar-refractivity contribution in [3.8, 4) is 11.1 Å². The lowest BCUT2D eigenvalue weighted by molar-refractivity contribution is -0.114. The first kappa shape index (κ1) is 22.6. The summed E-state index contributed by atoms with van der Waals surface area (Å²) in [5.41, 5.74) is 12.2. The van der Waals surface area contributed by atoms with E-state index < -0.39 is 0 Å². The lowest BCUT2D eigenvalue weighted by atomic mass is 9.91. The number of aromatic nitrogens is 1. The minimum atomic E-state index is -0.377. The van der Waals surface area contributed by atoms with E-state index in [1.807, 2.05) is 36.4 Å². The first-order valence-corrected chi connectivity index (χ1v) is 12.4. The van der Waals surface area contributed by atoms with Crippen LogP contribution in [0.4, 0.5) is 0 Å². The fraction of sp³-hybridized carbons (Fsp3) is 0.300. The number of pyridine rings is 1. The summed E-state index contributed by atoms with van der Waals surface area (Å²) >= 11 is 0. The average Bonchev–Trinajstić information content (AvgIpc) is 3.29. The Bertz CT molecular complexity index is 1210. The highest BCUT2D eigenvalue weighted by Gasteiger charge is 2.33. The fourth-order valence-electron chi connectivity index (χ4n) is 5.53. The maximum absolute atomic E-state index is 12.9. The molecular formula is C30H33N3O. The highest BCUT2D eigenvalue weighted by Crippen LogP contribution is 2.37. The van der Waals surface area contributed by atoms with Gasteiger partial charge in [0.1, 0.15) is 12.3 Å². The second kappa shape index (κ2) is 10.4. The molecule has 0 aliphatic heterocycles. The van der Waals surface area contributed by atoms with E-state index in [0.29, 0.717) is 12.6 Å². The van der Waals surface area contributed by atoms with E-state index in [1.165, 1.54) is 19.3 Å². The van der Waals surface area contributed by atoms with Gasteiger partial charge in [-0.2, -0.15) is 0 Å². The minimum absolute atomic E-state index is 0.156. The topological polar surface area (TPSA) is 50.7 Å². The van der Waals surface area contributed by atoms with Crippen LogP contribution in [0.1, 0.15) is 55.4 Å². The van der Waals surface area contributed by atoms with E-state index in [4.69, 9.17) is 5.73 Å². The lowest BCUT2D eigenvalue weighted by Crippen LogP contribution is -2.44. The number of hydrogen-bond donors (Lipinski definition) is 1. The van der Waals surface area contributed by atoms with Crippen LogP contribution in [0.5, 0.6) is 0 Å². The maximum Gasteiger partial charge on any atom is 0.143 e. The fourth-order valence-corrected chi connectivity index (χ4v) is 5.53. The monoisotopic (exact) mass is 451 g/mol. The minimum Gasteiger partial charge on any atom is -0.323 e. The normalized spacial score (nSPS) is 16.5. The van der Waals surface area contributed by atoms with E-state index in [0.717, 1.165) is 47.0 Å². The van der Waals surface area contributed by atoms with E-state index in [2.05, 4.69) is 64.0 Å². The molecule has 1 saturated carbocycles. The van der Waals surface area contributed by atoms with Gasteiger partial charge in [-0.15, -0.1) is 0 Å². The van der Waals surface area contributed by atoms with Crippen molar-refractivity contribution in [3.63, 3.8) is 0 Å². The Balaban J connectivity index is 1.61. The van der Waals surface area contributed by atoms with Crippen LogP contribution in [-0.4, -0.2) is 28.2 Å². The summed E-state index contributed by atoms with van der Waals surface area (Å²) in [5.74, 6) is 0. The molecular weight excluding hydrogens is 418 g/mol. The molecule has 5 rings (SSSR count). The number of rotatable bonds is 8. The summed E-state index contributed by atoms with van der Waals surface area (Å²) in [7, 11) is 0. The summed E-state index contributed by atoms with van der Waals surface area (Å²) in [4.78, 5) is 15.3. The first-order valence-electron chi connectivity index (χ1n) is 12.4. The number of carbonyl (C=O) groups excluding carboxylic acids is 1. The van der Waals surface area contributed by atoms with Gasteiger partial charge in [0, 0.05) is 35.9 Å². The predicted octanol–water partition coefficient (Wildman–Crippen LogP) is 6.18. The molecule has 2 N–H and O–H groups in total.